The number of nitrogens with zero attached hydrogens (tertiary/aromatic N) is 3. The van der Waals surface area contributed by atoms with Crippen LogP contribution < -0.4 is 0 Å². The molecule has 20 heavy (non-hydrogen) atoms. The van der Waals surface area contributed by atoms with E-state index in [0.717, 1.165) is 19.1 Å². The van der Waals surface area contributed by atoms with Gasteiger partial charge in [-0.2, -0.15) is 0 Å². The van der Waals surface area contributed by atoms with Gasteiger partial charge in [0.25, 0.3) is 0 Å². The molecule has 3 nitrogen and oxygen atoms in total. The van der Waals surface area contributed by atoms with Crippen LogP contribution in [0.1, 0.15) is 23.1 Å². The molecule has 0 aliphatic carbocycles. The minimum atomic E-state index is 0.800. The van der Waals surface area contributed by atoms with Crippen LogP contribution in [0.4, 0.5) is 0 Å². The summed E-state index contributed by atoms with van der Waals surface area (Å²) in [5, 5.41) is 0. The summed E-state index contributed by atoms with van der Waals surface area (Å²) in [7, 11) is 2.22. The summed E-state index contributed by atoms with van der Waals surface area (Å²) in [6.07, 6.45) is 2.62. The molecule has 1 aromatic carbocycles. The van der Waals surface area contributed by atoms with E-state index in [1.54, 1.807) is 11.1 Å². The van der Waals surface area contributed by atoms with Gasteiger partial charge in [-0.3, -0.25) is 9.80 Å². The van der Waals surface area contributed by atoms with Gasteiger partial charge in [-0.25, -0.2) is 0 Å². The van der Waals surface area contributed by atoms with Crippen molar-refractivity contribution in [2.45, 2.75) is 32.0 Å². The number of rotatable bonds is 3. The van der Waals surface area contributed by atoms with Crippen molar-refractivity contribution >= 4 is 0 Å². The second-order valence-electron chi connectivity index (χ2n) is 6.83. The molecule has 1 aromatic rings. The van der Waals surface area contributed by atoms with Gasteiger partial charge in [0.1, 0.15) is 0 Å². The lowest BCUT2D eigenvalue weighted by atomic mass is 9.94. The van der Waals surface area contributed by atoms with Crippen LogP contribution in [-0.2, 0) is 19.5 Å². The fraction of sp³-hybridized carbons (Fsp3) is 0.647. The molecule has 2 saturated heterocycles. The normalized spacial score (nSPS) is 25.1. The quantitative estimate of drug-likeness (QED) is 0.826. The molecule has 3 heteroatoms. The molecule has 0 bridgehead atoms. The lowest BCUT2D eigenvalue weighted by Crippen LogP contribution is -2.58. The Balaban J connectivity index is 1.43. The van der Waals surface area contributed by atoms with Crippen LogP contribution in [0.25, 0.3) is 0 Å². The monoisotopic (exact) mass is 271 g/mol. The second-order valence-corrected chi connectivity index (χ2v) is 6.83. The van der Waals surface area contributed by atoms with Gasteiger partial charge in [0, 0.05) is 38.8 Å². The van der Waals surface area contributed by atoms with E-state index in [-0.39, 0.29) is 0 Å². The fourth-order valence-corrected chi connectivity index (χ4v) is 3.73. The van der Waals surface area contributed by atoms with Crippen molar-refractivity contribution in [3.63, 3.8) is 0 Å². The first-order valence-electron chi connectivity index (χ1n) is 8.03. The molecule has 0 saturated carbocycles. The van der Waals surface area contributed by atoms with Crippen LogP contribution in [0.2, 0.25) is 0 Å². The zero-order valence-corrected chi connectivity index (χ0v) is 12.5. The highest BCUT2D eigenvalue weighted by atomic mass is 15.3. The summed E-state index contributed by atoms with van der Waals surface area (Å²) < 4.78 is 0. The largest absolute Gasteiger partial charge is 0.303 e. The number of hydrogen-bond donors (Lipinski definition) is 0. The Morgan fingerprint density at radius 1 is 1.10 bits per heavy atom. The van der Waals surface area contributed by atoms with E-state index in [1.165, 1.54) is 51.1 Å². The third-order valence-electron chi connectivity index (χ3n) is 5.23. The van der Waals surface area contributed by atoms with Crippen molar-refractivity contribution < 1.29 is 0 Å². The number of likely N-dealkylation sites (N-methyl/N-ethyl adjacent to an activating group) is 1. The van der Waals surface area contributed by atoms with Crippen LogP contribution in [0, 0.1) is 0 Å². The van der Waals surface area contributed by atoms with E-state index in [2.05, 4.69) is 39.9 Å². The maximum Gasteiger partial charge on any atom is 0.0353 e. The van der Waals surface area contributed by atoms with Crippen molar-refractivity contribution in [2.24, 2.45) is 0 Å². The van der Waals surface area contributed by atoms with E-state index in [1.807, 2.05) is 0 Å². The minimum Gasteiger partial charge on any atom is -0.303 e. The van der Waals surface area contributed by atoms with Crippen molar-refractivity contribution in [3.05, 3.63) is 34.9 Å². The average Bonchev–Trinajstić information content (AvgIpc) is 2.39. The predicted molar refractivity (Wildman–Crippen MR) is 81.7 cm³/mol. The molecule has 3 aliphatic rings. The molecule has 0 amide bonds. The molecule has 0 aromatic heterocycles. The van der Waals surface area contributed by atoms with E-state index in [4.69, 9.17) is 0 Å². The Morgan fingerprint density at radius 2 is 1.95 bits per heavy atom. The summed E-state index contributed by atoms with van der Waals surface area (Å²) in [5.41, 5.74) is 4.69. The molecular weight excluding hydrogens is 246 g/mol. The van der Waals surface area contributed by atoms with Gasteiger partial charge in [0.05, 0.1) is 0 Å². The third kappa shape index (κ3) is 2.39. The van der Waals surface area contributed by atoms with Gasteiger partial charge in [-0.1, -0.05) is 18.2 Å². The molecule has 0 unspecified atom stereocenters. The lowest BCUT2D eigenvalue weighted by molar-refractivity contribution is 0.0434. The zero-order chi connectivity index (χ0) is 13.5. The smallest absolute Gasteiger partial charge is 0.0353 e. The van der Waals surface area contributed by atoms with E-state index < -0.39 is 0 Å². The molecule has 0 spiro atoms. The predicted octanol–water partition coefficient (Wildman–Crippen LogP) is 1.56. The molecular formula is C17H25N3. The summed E-state index contributed by atoms with van der Waals surface area (Å²) in [4.78, 5) is 7.63. The Morgan fingerprint density at radius 3 is 2.65 bits per heavy atom. The first-order chi connectivity index (χ1) is 9.78. The molecule has 2 fully saturated rings. The molecule has 0 atom stereocenters. The second kappa shape index (κ2) is 5.14. The van der Waals surface area contributed by atoms with Crippen molar-refractivity contribution in [1.29, 1.82) is 0 Å². The number of fused-ring (bicyclic) bond motifs is 1. The Kier molecular flexibility index (Phi) is 3.29. The summed E-state index contributed by atoms with van der Waals surface area (Å²) in [6.45, 7) is 8.66. The summed E-state index contributed by atoms with van der Waals surface area (Å²) >= 11 is 0. The first kappa shape index (κ1) is 12.8. The zero-order valence-electron chi connectivity index (χ0n) is 12.5. The molecule has 108 valence electrons. The maximum atomic E-state index is 2.68. The fourth-order valence-electron chi connectivity index (χ4n) is 3.73. The number of benzene rings is 1. The van der Waals surface area contributed by atoms with E-state index >= 15 is 0 Å². The van der Waals surface area contributed by atoms with Gasteiger partial charge in [-0.05, 0) is 49.7 Å². The van der Waals surface area contributed by atoms with Gasteiger partial charge in [0.15, 0.2) is 0 Å². The Hall–Kier alpha value is -0.900. The molecule has 0 N–H and O–H groups in total. The average molecular weight is 271 g/mol. The summed E-state index contributed by atoms with van der Waals surface area (Å²) in [6, 6.07) is 8.01. The number of hydrogen-bond acceptors (Lipinski definition) is 3. The topological polar surface area (TPSA) is 9.72 Å². The van der Waals surface area contributed by atoms with Crippen LogP contribution >= 0.6 is 0 Å². The first-order valence-corrected chi connectivity index (χ1v) is 8.03. The molecule has 4 rings (SSSR count). The minimum absolute atomic E-state index is 0.800. The molecule has 3 heterocycles. The van der Waals surface area contributed by atoms with Gasteiger partial charge >= 0.3 is 0 Å². The Bertz CT molecular complexity index is 489. The highest BCUT2D eigenvalue weighted by Crippen LogP contribution is 2.25. The highest BCUT2D eigenvalue weighted by molar-refractivity contribution is 5.34. The SMILES string of the molecule is CN1CC(N2CCc3cc(CN4CCC4)ccc3C2)C1. The van der Waals surface area contributed by atoms with Gasteiger partial charge < -0.3 is 4.90 Å². The van der Waals surface area contributed by atoms with Crippen molar-refractivity contribution in [2.75, 3.05) is 39.8 Å². The van der Waals surface area contributed by atoms with Crippen LogP contribution in [0.15, 0.2) is 18.2 Å². The lowest BCUT2D eigenvalue weighted by Gasteiger charge is -2.45. The van der Waals surface area contributed by atoms with E-state index in [9.17, 15) is 0 Å². The molecule has 0 radical (unpaired) electrons. The van der Waals surface area contributed by atoms with Gasteiger partial charge in [0.2, 0.25) is 0 Å². The van der Waals surface area contributed by atoms with Crippen molar-refractivity contribution in [3.8, 4) is 0 Å². The van der Waals surface area contributed by atoms with E-state index in [0.29, 0.717) is 0 Å². The summed E-state index contributed by atoms with van der Waals surface area (Å²) in [5.74, 6) is 0. The van der Waals surface area contributed by atoms with Crippen LogP contribution in [-0.4, -0.2) is 60.5 Å². The molecule has 3 aliphatic heterocycles. The van der Waals surface area contributed by atoms with Crippen molar-refractivity contribution in [1.82, 2.24) is 14.7 Å². The number of likely N-dealkylation sites (tertiary alicyclic amines) is 2. The standard InChI is InChI=1S/C17H25N3/c1-18-12-17(13-18)20-8-5-15-9-14(3-4-16(15)11-20)10-19-6-2-7-19/h3-4,9,17H,2,5-8,10-13H2,1H3. The van der Waals surface area contributed by atoms with Crippen LogP contribution in [0.5, 0.6) is 0 Å². The maximum absolute atomic E-state index is 2.68. The highest BCUT2D eigenvalue weighted by Gasteiger charge is 2.31. The van der Waals surface area contributed by atoms with Crippen LogP contribution in [0.3, 0.4) is 0 Å². The Labute approximate surface area is 122 Å². The van der Waals surface area contributed by atoms with Gasteiger partial charge in [-0.15, -0.1) is 0 Å². The third-order valence-corrected chi connectivity index (χ3v) is 5.23.